The molecule has 0 saturated carbocycles. The number of rotatable bonds is 8. The Labute approximate surface area is 197 Å². The van der Waals surface area contributed by atoms with Gasteiger partial charge in [-0.15, -0.1) is 0 Å². The maximum atomic E-state index is 10.8. The lowest BCUT2D eigenvalue weighted by Crippen LogP contribution is -2.67. The lowest BCUT2D eigenvalue weighted by Gasteiger charge is -2.59. The van der Waals surface area contributed by atoms with Crippen LogP contribution in [0.5, 0.6) is 0 Å². The molecular weight excluding hydrogens is 404 g/mol. The van der Waals surface area contributed by atoms with Crippen LogP contribution >= 0.6 is 0 Å². The minimum Gasteiger partial charge on any atom is -0.371 e. The smallest absolute Gasteiger partial charge is 0.113 e. The van der Waals surface area contributed by atoms with Gasteiger partial charge in [0.2, 0.25) is 0 Å². The van der Waals surface area contributed by atoms with E-state index in [2.05, 4.69) is 78.9 Å². The van der Waals surface area contributed by atoms with Gasteiger partial charge < -0.3 is 9.22 Å². The first-order chi connectivity index (χ1) is 16.2. The molecule has 0 radical (unpaired) electrons. The molecule has 0 aliphatic carbocycles. The quantitative estimate of drug-likeness (QED) is 0.334. The summed E-state index contributed by atoms with van der Waals surface area (Å²) < 4.78 is 7.19. The van der Waals surface area contributed by atoms with Crippen molar-refractivity contribution in [2.24, 2.45) is 5.41 Å². The summed E-state index contributed by atoms with van der Waals surface area (Å²) in [5, 5.41) is 10.8. The van der Waals surface area contributed by atoms with E-state index >= 15 is 0 Å². The molecule has 3 fully saturated rings. The molecule has 0 aromatic heterocycles. The SMILES string of the molecule is N#CC(c1ccccc1)(c1ccccc1)C12CC[N+](CCOCc3ccccc3)(CC1)CC2. The van der Waals surface area contributed by atoms with Crippen LogP contribution in [0.25, 0.3) is 0 Å². The second-order valence-corrected chi connectivity index (χ2v) is 9.90. The maximum absolute atomic E-state index is 10.8. The van der Waals surface area contributed by atoms with Gasteiger partial charge in [0.15, 0.2) is 0 Å². The largest absolute Gasteiger partial charge is 0.371 e. The predicted octanol–water partition coefficient (Wildman–Crippen LogP) is 5.71. The molecule has 2 bridgehead atoms. The zero-order valence-electron chi connectivity index (χ0n) is 19.3. The van der Waals surface area contributed by atoms with Crippen LogP contribution in [-0.2, 0) is 16.8 Å². The average molecular weight is 438 g/mol. The number of piperidine rings is 3. The van der Waals surface area contributed by atoms with Crippen LogP contribution < -0.4 is 0 Å². The minimum atomic E-state index is -0.601. The van der Waals surface area contributed by atoms with E-state index in [-0.39, 0.29) is 5.41 Å². The molecule has 3 aliphatic rings. The van der Waals surface area contributed by atoms with E-state index in [1.807, 2.05) is 18.2 Å². The Balaban J connectivity index is 1.35. The molecule has 0 spiro atoms. The Morgan fingerprint density at radius 2 is 1.24 bits per heavy atom. The molecule has 33 heavy (non-hydrogen) atoms. The molecule has 3 aliphatic heterocycles. The van der Waals surface area contributed by atoms with Gasteiger partial charge in [-0.3, -0.25) is 0 Å². The van der Waals surface area contributed by atoms with Crippen LogP contribution in [0.3, 0.4) is 0 Å². The second-order valence-electron chi connectivity index (χ2n) is 9.90. The third kappa shape index (κ3) is 3.88. The van der Waals surface area contributed by atoms with Gasteiger partial charge in [-0.05, 0) is 16.7 Å². The van der Waals surface area contributed by atoms with Crippen LogP contribution in [0.15, 0.2) is 91.0 Å². The predicted molar refractivity (Wildman–Crippen MR) is 131 cm³/mol. The van der Waals surface area contributed by atoms with Crippen molar-refractivity contribution in [1.82, 2.24) is 0 Å². The van der Waals surface area contributed by atoms with Crippen LogP contribution in [0.2, 0.25) is 0 Å². The Morgan fingerprint density at radius 3 is 1.73 bits per heavy atom. The molecule has 6 rings (SSSR count). The summed E-state index contributed by atoms with van der Waals surface area (Å²) in [5.74, 6) is 0. The van der Waals surface area contributed by atoms with Crippen molar-refractivity contribution in [1.29, 1.82) is 5.26 Å². The molecule has 3 heteroatoms. The number of benzene rings is 3. The van der Waals surface area contributed by atoms with Gasteiger partial charge in [0.05, 0.1) is 38.9 Å². The summed E-state index contributed by atoms with van der Waals surface area (Å²) in [4.78, 5) is 0. The number of hydrogen-bond donors (Lipinski definition) is 0. The van der Waals surface area contributed by atoms with Crippen molar-refractivity contribution in [3.63, 3.8) is 0 Å². The number of quaternary nitrogens is 1. The lowest BCUT2D eigenvalue weighted by molar-refractivity contribution is -0.946. The monoisotopic (exact) mass is 437 g/mol. The van der Waals surface area contributed by atoms with E-state index in [9.17, 15) is 5.26 Å². The van der Waals surface area contributed by atoms with E-state index in [1.165, 1.54) is 5.56 Å². The van der Waals surface area contributed by atoms with Gasteiger partial charge in [0.25, 0.3) is 0 Å². The number of ether oxygens (including phenoxy) is 1. The zero-order chi connectivity index (χ0) is 22.6. The molecule has 0 amide bonds. The third-order valence-electron chi connectivity index (χ3n) is 8.39. The van der Waals surface area contributed by atoms with Crippen LogP contribution in [0.1, 0.15) is 36.0 Å². The van der Waals surface area contributed by atoms with Crippen molar-refractivity contribution < 1.29 is 9.22 Å². The number of nitrogens with zero attached hydrogens (tertiary/aromatic N) is 2. The fourth-order valence-corrected chi connectivity index (χ4v) is 6.39. The summed E-state index contributed by atoms with van der Waals surface area (Å²) >= 11 is 0. The fraction of sp³-hybridized carbons (Fsp3) is 0.367. The summed E-state index contributed by atoms with van der Waals surface area (Å²) in [7, 11) is 0. The standard InChI is InChI=1S/C30H33N2O/c31-25-30(27-12-6-2-7-13-27,28-14-8-3-9-15-28)29-16-19-32(20-17-29,21-18-29)22-23-33-24-26-10-4-1-5-11-26/h1-15H,16-24H2/q+1. The molecule has 3 nitrogen and oxygen atoms in total. The Hall–Kier alpha value is -2.93. The molecule has 0 atom stereocenters. The van der Waals surface area contributed by atoms with E-state index in [0.29, 0.717) is 6.61 Å². The molecule has 3 aromatic carbocycles. The van der Waals surface area contributed by atoms with Crippen molar-refractivity contribution in [3.8, 4) is 6.07 Å². The van der Waals surface area contributed by atoms with Gasteiger partial charge in [0, 0.05) is 24.7 Å². The number of hydrogen-bond acceptors (Lipinski definition) is 2. The van der Waals surface area contributed by atoms with Gasteiger partial charge in [-0.1, -0.05) is 91.0 Å². The minimum absolute atomic E-state index is 0.0185. The summed E-state index contributed by atoms with van der Waals surface area (Å²) in [6.07, 6.45) is 3.26. The van der Waals surface area contributed by atoms with Crippen LogP contribution in [-0.4, -0.2) is 37.3 Å². The van der Waals surface area contributed by atoms with Crippen molar-refractivity contribution in [3.05, 3.63) is 108 Å². The molecular formula is C30H33N2O+. The van der Waals surface area contributed by atoms with Crippen molar-refractivity contribution >= 4 is 0 Å². The highest BCUT2D eigenvalue weighted by Crippen LogP contribution is 2.58. The highest BCUT2D eigenvalue weighted by atomic mass is 16.5. The van der Waals surface area contributed by atoms with Gasteiger partial charge in [-0.25, -0.2) is 0 Å². The first-order valence-corrected chi connectivity index (χ1v) is 12.2. The number of nitriles is 1. The van der Waals surface area contributed by atoms with Crippen molar-refractivity contribution in [2.75, 3.05) is 32.8 Å². The Bertz CT molecular complexity index is 1020. The van der Waals surface area contributed by atoms with Gasteiger partial charge in [-0.2, -0.15) is 5.26 Å². The van der Waals surface area contributed by atoms with Gasteiger partial charge >= 0.3 is 0 Å². The Kier molecular flexibility index (Phi) is 6.06. The van der Waals surface area contributed by atoms with E-state index < -0.39 is 5.41 Å². The molecule has 3 saturated heterocycles. The fourth-order valence-electron chi connectivity index (χ4n) is 6.39. The lowest BCUT2D eigenvalue weighted by atomic mass is 9.50. The van der Waals surface area contributed by atoms with Crippen molar-refractivity contribution in [2.45, 2.75) is 31.3 Å². The first-order valence-electron chi connectivity index (χ1n) is 12.2. The summed E-state index contributed by atoms with van der Waals surface area (Å²) in [6, 6.07) is 34.4. The van der Waals surface area contributed by atoms with Crippen LogP contribution in [0, 0.1) is 16.7 Å². The molecule has 0 N–H and O–H groups in total. The summed E-state index contributed by atoms with van der Waals surface area (Å²) in [6.45, 7) is 5.96. The molecule has 3 heterocycles. The average Bonchev–Trinajstić information content (AvgIpc) is 2.90. The topological polar surface area (TPSA) is 33.0 Å². The van der Waals surface area contributed by atoms with Crippen LogP contribution in [0.4, 0.5) is 0 Å². The molecule has 3 aromatic rings. The number of fused-ring (bicyclic) bond motifs is 3. The second kappa shape index (κ2) is 9.14. The molecule has 0 unspecified atom stereocenters. The summed E-state index contributed by atoms with van der Waals surface area (Å²) in [5.41, 5.74) is 2.91. The Morgan fingerprint density at radius 1 is 0.758 bits per heavy atom. The van der Waals surface area contributed by atoms with E-state index in [4.69, 9.17) is 4.74 Å². The van der Waals surface area contributed by atoms with Gasteiger partial charge in [0.1, 0.15) is 12.0 Å². The maximum Gasteiger partial charge on any atom is 0.113 e. The van der Waals surface area contributed by atoms with E-state index in [0.717, 1.165) is 67.7 Å². The highest BCUT2D eigenvalue weighted by Gasteiger charge is 2.61. The molecule has 168 valence electrons. The normalized spacial score (nSPS) is 24.3. The first kappa shape index (κ1) is 21.9. The highest BCUT2D eigenvalue weighted by molar-refractivity contribution is 5.49. The van der Waals surface area contributed by atoms with E-state index in [1.54, 1.807) is 0 Å². The zero-order valence-corrected chi connectivity index (χ0v) is 19.3. The third-order valence-corrected chi connectivity index (χ3v) is 8.39.